The zero-order chi connectivity index (χ0) is 22.5. The lowest BCUT2D eigenvalue weighted by atomic mass is 10.1. The van der Waals surface area contributed by atoms with E-state index in [1.165, 1.54) is 0 Å². The fourth-order valence-electron chi connectivity index (χ4n) is 3.79. The van der Waals surface area contributed by atoms with E-state index in [0.29, 0.717) is 34.1 Å². The summed E-state index contributed by atoms with van der Waals surface area (Å²) in [6.07, 6.45) is 1.60. The number of fused-ring (bicyclic) bond motifs is 1. The molecule has 2 aliphatic heterocycles. The van der Waals surface area contributed by atoms with Gasteiger partial charge in [-0.05, 0) is 42.4 Å². The Morgan fingerprint density at radius 3 is 2.66 bits per heavy atom. The average Bonchev–Trinajstić information content (AvgIpc) is 2.81. The highest BCUT2D eigenvalue weighted by Gasteiger charge is 2.23. The zero-order valence-electron chi connectivity index (χ0n) is 18.1. The summed E-state index contributed by atoms with van der Waals surface area (Å²) in [6.45, 7) is 8.86. The fourth-order valence-corrected chi connectivity index (χ4v) is 3.98. The summed E-state index contributed by atoms with van der Waals surface area (Å²) in [5.41, 5.74) is 1.63. The van der Waals surface area contributed by atoms with E-state index in [9.17, 15) is 9.59 Å². The van der Waals surface area contributed by atoms with Crippen molar-refractivity contribution in [3.8, 4) is 5.75 Å². The summed E-state index contributed by atoms with van der Waals surface area (Å²) in [5.74, 6) is 0.0621. The van der Waals surface area contributed by atoms with Gasteiger partial charge in [0.25, 0.3) is 11.8 Å². The van der Waals surface area contributed by atoms with Crippen LogP contribution in [0.5, 0.6) is 5.75 Å². The first-order valence-corrected chi connectivity index (χ1v) is 11.2. The minimum absolute atomic E-state index is 0.144. The number of carbonyl (C=O) groups is 2. The van der Waals surface area contributed by atoms with E-state index in [4.69, 9.17) is 16.3 Å². The molecule has 2 heterocycles. The number of rotatable bonds is 6. The van der Waals surface area contributed by atoms with Gasteiger partial charge >= 0.3 is 0 Å². The Bertz CT molecular complexity index is 1030. The molecule has 0 radical (unpaired) electrons. The number of carbonyl (C=O) groups excluding carboxylic acids is 2. The Morgan fingerprint density at radius 1 is 1.16 bits per heavy atom. The lowest BCUT2D eigenvalue weighted by molar-refractivity contribution is -0.115. The van der Waals surface area contributed by atoms with Crippen molar-refractivity contribution in [2.75, 3.05) is 51.1 Å². The number of ether oxygens (including phenoxy) is 1. The minimum Gasteiger partial charge on any atom is -0.449 e. The molecule has 2 aromatic carbocycles. The largest absolute Gasteiger partial charge is 0.449 e. The van der Waals surface area contributed by atoms with Gasteiger partial charge in [-0.3, -0.25) is 14.5 Å². The van der Waals surface area contributed by atoms with Crippen LogP contribution >= 0.6 is 11.6 Å². The number of halogens is 1. The van der Waals surface area contributed by atoms with Gasteiger partial charge in [0.1, 0.15) is 0 Å². The van der Waals surface area contributed by atoms with Crippen molar-refractivity contribution in [2.45, 2.75) is 6.92 Å². The third kappa shape index (κ3) is 5.30. The average molecular weight is 455 g/mol. The molecule has 2 amide bonds. The van der Waals surface area contributed by atoms with E-state index in [2.05, 4.69) is 27.4 Å². The van der Waals surface area contributed by atoms with Crippen LogP contribution in [0.1, 0.15) is 22.8 Å². The summed E-state index contributed by atoms with van der Waals surface area (Å²) < 4.78 is 5.76. The predicted octanol–water partition coefficient (Wildman–Crippen LogP) is 3.08. The Hall–Kier alpha value is -2.87. The topological polar surface area (TPSA) is 73.9 Å². The molecular formula is C24H27ClN4O3. The maximum Gasteiger partial charge on any atom is 0.291 e. The highest BCUT2D eigenvalue weighted by molar-refractivity contribution is 6.32. The maximum absolute atomic E-state index is 12.6. The lowest BCUT2D eigenvalue weighted by Crippen LogP contribution is -2.48. The molecule has 1 saturated heterocycles. The third-order valence-electron chi connectivity index (χ3n) is 5.75. The molecule has 0 aromatic heterocycles. The number of anilines is 1. The number of hydrogen-bond acceptors (Lipinski definition) is 5. The summed E-state index contributed by atoms with van der Waals surface area (Å²) in [5, 5.41) is 6.29. The molecular weight excluding hydrogens is 428 g/mol. The number of amides is 2. The molecule has 8 heteroatoms. The molecule has 0 saturated carbocycles. The van der Waals surface area contributed by atoms with Crippen LogP contribution in [0.15, 0.2) is 48.2 Å². The van der Waals surface area contributed by atoms with E-state index in [1.54, 1.807) is 36.4 Å². The van der Waals surface area contributed by atoms with E-state index < -0.39 is 0 Å². The second-order valence-electron chi connectivity index (χ2n) is 7.83. The minimum atomic E-state index is -0.388. The summed E-state index contributed by atoms with van der Waals surface area (Å²) in [6, 6.07) is 12.2. The van der Waals surface area contributed by atoms with Crippen LogP contribution in [0.2, 0.25) is 5.02 Å². The van der Waals surface area contributed by atoms with Gasteiger partial charge in [-0.2, -0.15) is 0 Å². The van der Waals surface area contributed by atoms with Crippen LogP contribution in [0.4, 0.5) is 5.69 Å². The second kappa shape index (κ2) is 10.2. The molecule has 2 aromatic rings. The normalized spacial score (nSPS) is 18.1. The summed E-state index contributed by atoms with van der Waals surface area (Å²) in [7, 11) is 0. The van der Waals surface area contributed by atoms with E-state index in [1.807, 2.05) is 12.1 Å². The van der Waals surface area contributed by atoms with Gasteiger partial charge < -0.3 is 20.3 Å². The molecule has 2 aliphatic rings. The quantitative estimate of drug-likeness (QED) is 0.656. The molecule has 0 aliphatic carbocycles. The van der Waals surface area contributed by atoms with Crippen molar-refractivity contribution >= 4 is 35.2 Å². The first-order valence-electron chi connectivity index (χ1n) is 10.9. The zero-order valence-corrected chi connectivity index (χ0v) is 18.8. The standard InChI is InChI=1S/C24H27ClN4O3/c1-2-28-11-13-29(14-12-28)10-9-26-23(30)18-7-8-21-20(15-18)27-24(31)22(32-21)16-17-5-3-4-6-19(17)25/h3-8,15-16H,2,9-14H2,1H3,(H,26,30)(H,27,31)/b22-16-. The highest BCUT2D eigenvalue weighted by Crippen LogP contribution is 2.33. The number of benzene rings is 2. The maximum atomic E-state index is 12.6. The van der Waals surface area contributed by atoms with Crippen molar-refractivity contribution < 1.29 is 14.3 Å². The Morgan fingerprint density at radius 2 is 1.91 bits per heavy atom. The number of likely N-dealkylation sites (N-methyl/N-ethyl adjacent to an activating group) is 1. The first-order chi connectivity index (χ1) is 15.5. The molecule has 0 bridgehead atoms. The SMILES string of the molecule is CCN1CCN(CCNC(=O)c2ccc3c(c2)NC(=O)/C(=C/c2ccccc2Cl)O3)CC1. The molecule has 2 N–H and O–H groups in total. The van der Waals surface area contributed by atoms with E-state index >= 15 is 0 Å². The number of hydrogen-bond donors (Lipinski definition) is 2. The Balaban J connectivity index is 1.35. The van der Waals surface area contributed by atoms with E-state index in [0.717, 1.165) is 39.3 Å². The molecule has 0 spiro atoms. The van der Waals surface area contributed by atoms with Gasteiger partial charge in [0.15, 0.2) is 11.5 Å². The van der Waals surface area contributed by atoms with Gasteiger partial charge in [0.2, 0.25) is 0 Å². The van der Waals surface area contributed by atoms with Crippen molar-refractivity contribution in [3.63, 3.8) is 0 Å². The second-order valence-corrected chi connectivity index (χ2v) is 8.24. The fraction of sp³-hybridized carbons (Fsp3) is 0.333. The van der Waals surface area contributed by atoms with Crippen molar-refractivity contribution in [1.82, 2.24) is 15.1 Å². The van der Waals surface area contributed by atoms with Gasteiger partial charge in [0, 0.05) is 49.9 Å². The predicted molar refractivity (Wildman–Crippen MR) is 126 cm³/mol. The number of nitrogens with zero attached hydrogens (tertiary/aromatic N) is 2. The van der Waals surface area contributed by atoms with Crippen LogP contribution in [0.3, 0.4) is 0 Å². The van der Waals surface area contributed by atoms with Crippen LogP contribution < -0.4 is 15.4 Å². The van der Waals surface area contributed by atoms with Crippen LogP contribution in [-0.2, 0) is 4.79 Å². The molecule has 1 fully saturated rings. The van der Waals surface area contributed by atoms with Gasteiger partial charge in [-0.15, -0.1) is 0 Å². The number of nitrogens with one attached hydrogen (secondary N) is 2. The molecule has 32 heavy (non-hydrogen) atoms. The van der Waals surface area contributed by atoms with Crippen LogP contribution in [0.25, 0.3) is 6.08 Å². The smallest absolute Gasteiger partial charge is 0.291 e. The Kier molecular flexibility index (Phi) is 7.09. The molecule has 7 nitrogen and oxygen atoms in total. The summed E-state index contributed by atoms with van der Waals surface area (Å²) in [4.78, 5) is 29.9. The highest BCUT2D eigenvalue weighted by atomic mass is 35.5. The van der Waals surface area contributed by atoms with Gasteiger partial charge in [-0.1, -0.05) is 36.7 Å². The molecule has 4 rings (SSSR count). The van der Waals surface area contributed by atoms with Gasteiger partial charge in [0.05, 0.1) is 5.69 Å². The number of piperazine rings is 1. The van der Waals surface area contributed by atoms with Gasteiger partial charge in [-0.25, -0.2) is 0 Å². The molecule has 0 atom stereocenters. The van der Waals surface area contributed by atoms with Crippen molar-refractivity contribution in [1.29, 1.82) is 0 Å². The summed E-state index contributed by atoms with van der Waals surface area (Å²) >= 11 is 6.17. The third-order valence-corrected chi connectivity index (χ3v) is 6.10. The monoisotopic (exact) mass is 454 g/mol. The molecule has 0 unspecified atom stereocenters. The lowest BCUT2D eigenvalue weighted by Gasteiger charge is -2.33. The molecule has 168 valence electrons. The van der Waals surface area contributed by atoms with Crippen molar-refractivity contribution in [3.05, 3.63) is 64.4 Å². The van der Waals surface area contributed by atoms with E-state index in [-0.39, 0.29) is 17.6 Å². The van der Waals surface area contributed by atoms with Crippen LogP contribution in [-0.4, -0.2) is 67.4 Å². The Labute approximate surface area is 193 Å². The van der Waals surface area contributed by atoms with Crippen LogP contribution in [0, 0.1) is 0 Å². The van der Waals surface area contributed by atoms with Crippen molar-refractivity contribution in [2.24, 2.45) is 0 Å². The first kappa shape index (κ1) is 22.3.